The number of rotatable bonds is 5. The largest absolute Gasteiger partial charge is 0.289 e. The van der Waals surface area contributed by atoms with E-state index in [9.17, 15) is 14.9 Å². The summed E-state index contributed by atoms with van der Waals surface area (Å²) >= 11 is 7.31. The van der Waals surface area contributed by atoms with E-state index in [1.807, 2.05) is 30.3 Å². The van der Waals surface area contributed by atoms with Crippen LogP contribution >= 0.6 is 23.4 Å². The molecule has 0 fully saturated rings. The van der Waals surface area contributed by atoms with E-state index in [1.54, 1.807) is 0 Å². The van der Waals surface area contributed by atoms with E-state index >= 15 is 0 Å². The van der Waals surface area contributed by atoms with Crippen LogP contribution in [0.3, 0.4) is 0 Å². The van der Waals surface area contributed by atoms with Crippen molar-refractivity contribution in [3.05, 3.63) is 80.7 Å². The first-order chi connectivity index (χ1) is 10.1. The summed E-state index contributed by atoms with van der Waals surface area (Å²) in [6.07, 6.45) is 1.31. The third-order valence-corrected chi connectivity index (χ3v) is 3.73. The second-order valence-electron chi connectivity index (χ2n) is 4.03. The van der Waals surface area contributed by atoms with Gasteiger partial charge in [-0.3, -0.25) is 14.9 Å². The molecule has 0 bridgehead atoms. The molecular formula is C15H10ClNO3S. The normalized spacial score (nSPS) is 11.2. The number of carbonyl (C=O) groups is 1. The number of ketones is 1. The van der Waals surface area contributed by atoms with Crippen LogP contribution in [0.15, 0.2) is 69.9 Å². The average Bonchev–Trinajstić information content (AvgIpc) is 2.48. The molecule has 0 saturated heterocycles. The lowest BCUT2D eigenvalue weighted by molar-refractivity contribution is -0.384. The average molecular weight is 320 g/mol. The molecule has 0 aliphatic heterocycles. The summed E-state index contributed by atoms with van der Waals surface area (Å²) in [7, 11) is 0. The standard InChI is InChI=1S/C15H10ClNO3S/c16-15(21-13-4-2-1-3-5-13)10-14(18)11-6-8-12(9-7-11)17(19)20/h1-10H/b15-10+. The maximum atomic E-state index is 12.0. The van der Waals surface area contributed by atoms with E-state index in [0.29, 0.717) is 9.93 Å². The van der Waals surface area contributed by atoms with E-state index in [1.165, 1.54) is 42.1 Å². The number of carbonyl (C=O) groups excluding carboxylic acids is 1. The number of benzene rings is 2. The molecule has 21 heavy (non-hydrogen) atoms. The van der Waals surface area contributed by atoms with Crippen molar-refractivity contribution >= 4 is 34.8 Å². The molecule has 0 aliphatic carbocycles. The molecule has 2 aromatic carbocycles. The van der Waals surface area contributed by atoms with Crippen LogP contribution in [0.4, 0.5) is 5.69 Å². The van der Waals surface area contributed by atoms with Crippen LogP contribution in [-0.4, -0.2) is 10.7 Å². The molecule has 106 valence electrons. The number of hydrogen-bond donors (Lipinski definition) is 0. The highest BCUT2D eigenvalue weighted by molar-refractivity contribution is 8.04. The third-order valence-electron chi connectivity index (χ3n) is 2.57. The zero-order valence-corrected chi connectivity index (χ0v) is 12.3. The van der Waals surface area contributed by atoms with Crippen molar-refractivity contribution in [2.75, 3.05) is 0 Å². The minimum atomic E-state index is -0.512. The van der Waals surface area contributed by atoms with Gasteiger partial charge in [0.2, 0.25) is 0 Å². The van der Waals surface area contributed by atoms with Gasteiger partial charge in [-0.05, 0) is 24.3 Å². The van der Waals surface area contributed by atoms with Crippen molar-refractivity contribution in [2.24, 2.45) is 0 Å². The molecule has 2 rings (SSSR count). The zero-order valence-electron chi connectivity index (χ0n) is 10.7. The predicted octanol–water partition coefficient (Wildman–Crippen LogP) is 4.65. The van der Waals surface area contributed by atoms with Crippen LogP contribution in [0.2, 0.25) is 0 Å². The summed E-state index contributed by atoms with van der Waals surface area (Å²) in [5.41, 5.74) is 0.299. The Labute approximate surface area is 130 Å². The summed E-state index contributed by atoms with van der Waals surface area (Å²) in [6, 6.07) is 14.8. The van der Waals surface area contributed by atoms with Gasteiger partial charge in [-0.15, -0.1) is 0 Å². The van der Waals surface area contributed by atoms with Gasteiger partial charge in [0.05, 0.1) is 9.29 Å². The first-order valence-corrected chi connectivity index (χ1v) is 7.14. The van der Waals surface area contributed by atoms with Crippen LogP contribution < -0.4 is 0 Å². The summed E-state index contributed by atoms with van der Waals surface area (Å²) in [6.45, 7) is 0. The topological polar surface area (TPSA) is 60.2 Å². The highest BCUT2D eigenvalue weighted by atomic mass is 35.5. The van der Waals surface area contributed by atoms with Gasteiger partial charge in [-0.1, -0.05) is 41.6 Å². The highest BCUT2D eigenvalue weighted by Crippen LogP contribution is 2.29. The Balaban J connectivity index is 2.09. The van der Waals surface area contributed by atoms with Crippen molar-refractivity contribution in [3.8, 4) is 0 Å². The Bertz CT molecular complexity index is 684. The molecule has 4 nitrogen and oxygen atoms in total. The van der Waals surface area contributed by atoms with Crippen LogP contribution in [0.5, 0.6) is 0 Å². The summed E-state index contributed by atoms with van der Waals surface area (Å²) in [5, 5.41) is 10.5. The maximum Gasteiger partial charge on any atom is 0.269 e. The van der Waals surface area contributed by atoms with E-state index in [0.717, 1.165) is 4.90 Å². The molecule has 2 aromatic rings. The summed E-state index contributed by atoms with van der Waals surface area (Å²) < 4.78 is 0.338. The van der Waals surface area contributed by atoms with Crippen molar-refractivity contribution in [2.45, 2.75) is 4.90 Å². The molecule has 0 aromatic heterocycles. The van der Waals surface area contributed by atoms with E-state index in [-0.39, 0.29) is 11.5 Å². The minimum Gasteiger partial charge on any atom is -0.289 e. The number of nitrogens with zero attached hydrogens (tertiary/aromatic N) is 1. The Morgan fingerprint density at radius 2 is 1.71 bits per heavy atom. The van der Waals surface area contributed by atoms with Crippen molar-refractivity contribution in [1.82, 2.24) is 0 Å². The van der Waals surface area contributed by atoms with Crippen molar-refractivity contribution in [3.63, 3.8) is 0 Å². The number of nitro groups is 1. The fourth-order valence-corrected chi connectivity index (χ4v) is 2.62. The molecular weight excluding hydrogens is 310 g/mol. The van der Waals surface area contributed by atoms with Gasteiger partial charge < -0.3 is 0 Å². The lowest BCUT2D eigenvalue weighted by Crippen LogP contribution is -1.95. The Kier molecular flexibility index (Phi) is 5.14. The summed E-state index contributed by atoms with van der Waals surface area (Å²) in [5.74, 6) is -0.293. The van der Waals surface area contributed by atoms with Gasteiger partial charge in [-0.2, -0.15) is 0 Å². The van der Waals surface area contributed by atoms with Crippen LogP contribution in [0, 0.1) is 10.1 Å². The zero-order chi connectivity index (χ0) is 15.2. The van der Waals surface area contributed by atoms with Crippen molar-refractivity contribution < 1.29 is 9.72 Å². The Morgan fingerprint density at radius 1 is 1.10 bits per heavy atom. The van der Waals surface area contributed by atoms with Gasteiger partial charge in [0.25, 0.3) is 5.69 Å². The molecule has 0 saturated carbocycles. The van der Waals surface area contributed by atoms with Gasteiger partial charge in [0, 0.05) is 28.7 Å². The smallest absolute Gasteiger partial charge is 0.269 e. The molecule has 0 spiro atoms. The first-order valence-electron chi connectivity index (χ1n) is 5.95. The van der Waals surface area contributed by atoms with Crippen LogP contribution in [-0.2, 0) is 0 Å². The first kappa shape index (κ1) is 15.3. The van der Waals surface area contributed by atoms with Crippen LogP contribution in [0.1, 0.15) is 10.4 Å². The predicted molar refractivity (Wildman–Crippen MR) is 83.7 cm³/mol. The number of nitro benzene ring substituents is 1. The van der Waals surface area contributed by atoms with Crippen molar-refractivity contribution in [1.29, 1.82) is 0 Å². The van der Waals surface area contributed by atoms with Gasteiger partial charge >= 0.3 is 0 Å². The monoisotopic (exact) mass is 319 g/mol. The lowest BCUT2D eigenvalue weighted by Gasteiger charge is -2.00. The van der Waals surface area contributed by atoms with Gasteiger partial charge in [-0.25, -0.2) is 0 Å². The van der Waals surface area contributed by atoms with Gasteiger partial charge in [0.1, 0.15) is 0 Å². The van der Waals surface area contributed by atoms with E-state index in [2.05, 4.69) is 0 Å². The number of allylic oxidation sites excluding steroid dienone is 1. The molecule has 0 atom stereocenters. The third kappa shape index (κ3) is 4.44. The molecule has 0 aliphatic rings. The highest BCUT2D eigenvalue weighted by Gasteiger charge is 2.09. The molecule has 0 amide bonds. The van der Waals surface area contributed by atoms with Crippen LogP contribution in [0.25, 0.3) is 0 Å². The van der Waals surface area contributed by atoms with E-state index < -0.39 is 4.92 Å². The molecule has 0 N–H and O–H groups in total. The lowest BCUT2D eigenvalue weighted by atomic mass is 10.1. The molecule has 0 heterocycles. The second kappa shape index (κ2) is 7.06. The fourth-order valence-electron chi connectivity index (χ4n) is 1.56. The number of thioether (sulfide) groups is 1. The minimum absolute atomic E-state index is 0.0553. The maximum absolute atomic E-state index is 12.0. The van der Waals surface area contributed by atoms with E-state index in [4.69, 9.17) is 11.6 Å². The molecule has 0 radical (unpaired) electrons. The summed E-state index contributed by atoms with van der Waals surface area (Å²) in [4.78, 5) is 22.9. The molecule has 0 unspecified atom stereocenters. The number of hydrogen-bond acceptors (Lipinski definition) is 4. The fraction of sp³-hybridized carbons (Fsp3) is 0. The number of non-ortho nitro benzene ring substituents is 1. The quantitative estimate of drug-likeness (QED) is 0.264. The second-order valence-corrected chi connectivity index (χ2v) is 5.78. The Hall–Kier alpha value is -2.11. The van der Waals surface area contributed by atoms with Gasteiger partial charge in [0.15, 0.2) is 5.78 Å². The SMILES string of the molecule is O=C(/C=C(\Cl)Sc1ccccc1)c1ccc([N+](=O)[O-])cc1. The molecule has 6 heteroatoms. The number of halogens is 1. The Morgan fingerprint density at radius 3 is 2.29 bits per heavy atom.